The molecule has 2 rings (SSSR count). The number of rotatable bonds is 6. The van der Waals surface area contributed by atoms with E-state index in [4.69, 9.17) is 4.74 Å². The molecule has 1 fully saturated rings. The Morgan fingerprint density at radius 2 is 1.96 bits per heavy atom. The highest BCUT2D eigenvalue weighted by molar-refractivity contribution is 5.96. The van der Waals surface area contributed by atoms with Crippen molar-refractivity contribution in [2.45, 2.75) is 57.6 Å². The second-order valence-corrected chi connectivity index (χ2v) is 6.93. The Balaban J connectivity index is 1.81. The van der Waals surface area contributed by atoms with Crippen LogP contribution in [0.5, 0.6) is 0 Å². The van der Waals surface area contributed by atoms with Gasteiger partial charge in [-0.05, 0) is 38.8 Å². The molecule has 1 aliphatic carbocycles. The van der Waals surface area contributed by atoms with E-state index < -0.39 is 29.4 Å². The molecule has 144 valence electrons. The molecule has 0 spiro atoms. The number of nitrogens with zero attached hydrogens (tertiary/aromatic N) is 1. The van der Waals surface area contributed by atoms with E-state index in [0.717, 1.165) is 24.8 Å². The number of hydrogen-bond acceptors (Lipinski definition) is 5. The van der Waals surface area contributed by atoms with Crippen LogP contribution in [-0.2, 0) is 14.3 Å². The van der Waals surface area contributed by atoms with Crippen LogP contribution >= 0.6 is 0 Å². The number of benzene rings is 1. The number of esters is 1. The number of nitrogens with one attached hydrogen (secondary N) is 2. The Morgan fingerprint density at radius 3 is 2.59 bits per heavy atom. The van der Waals surface area contributed by atoms with Crippen molar-refractivity contribution in [2.24, 2.45) is 0 Å². The first-order chi connectivity index (χ1) is 12.8. The van der Waals surface area contributed by atoms with Gasteiger partial charge in [-0.15, -0.1) is 0 Å². The minimum atomic E-state index is -1.04. The maximum absolute atomic E-state index is 12.3. The lowest BCUT2D eigenvalue weighted by molar-refractivity contribution is -0.154. The van der Waals surface area contributed by atoms with Crippen LogP contribution < -0.4 is 10.6 Å². The molecule has 2 amide bonds. The Hall–Kier alpha value is -2.88. The minimum Gasteiger partial charge on any atom is -0.451 e. The average Bonchev–Trinajstić information content (AvgIpc) is 2.66. The Morgan fingerprint density at radius 1 is 1.26 bits per heavy atom. The first-order valence-corrected chi connectivity index (χ1v) is 9.13. The SMILES string of the molecule is Cc1cccc(C(=O)NCC(=O)O[C@H](C)C(=O)NC2(C#N)CCCCC2)c1. The van der Waals surface area contributed by atoms with E-state index in [0.29, 0.717) is 18.4 Å². The Labute approximate surface area is 159 Å². The summed E-state index contributed by atoms with van der Waals surface area (Å²) in [6, 6.07) is 9.17. The molecule has 7 nitrogen and oxygen atoms in total. The van der Waals surface area contributed by atoms with E-state index in [1.807, 2.05) is 13.0 Å². The molecule has 0 unspecified atom stereocenters. The fourth-order valence-corrected chi connectivity index (χ4v) is 3.09. The van der Waals surface area contributed by atoms with E-state index in [-0.39, 0.29) is 6.54 Å². The first kappa shape index (κ1) is 20.4. The third kappa shape index (κ3) is 5.81. The monoisotopic (exact) mass is 371 g/mol. The molecular weight excluding hydrogens is 346 g/mol. The third-order valence-electron chi connectivity index (χ3n) is 4.63. The summed E-state index contributed by atoms with van der Waals surface area (Å²) in [5.74, 6) is -1.61. The molecule has 1 saturated carbocycles. The number of carbonyl (C=O) groups excluding carboxylic acids is 3. The normalized spacial score (nSPS) is 16.5. The fraction of sp³-hybridized carbons (Fsp3) is 0.500. The van der Waals surface area contributed by atoms with Gasteiger partial charge in [0, 0.05) is 5.56 Å². The van der Waals surface area contributed by atoms with E-state index in [9.17, 15) is 19.6 Å². The largest absolute Gasteiger partial charge is 0.451 e. The summed E-state index contributed by atoms with van der Waals surface area (Å²) in [5.41, 5.74) is 0.501. The number of hydrogen-bond donors (Lipinski definition) is 2. The van der Waals surface area contributed by atoms with Gasteiger partial charge < -0.3 is 15.4 Å². The summed E-state index contributed by atoms with van der Waals surface area (Å²) in [4.78, 5) is 36.2. The highest BCUT2D eigenvalue weighted by Crippen LogP contribution is 2.27. The van der Waals surface area contributed by atoms with Crippen LogP contribution in [-0.4, -0.2) is 36.0 Å². The number of nitriles is 1. The average molecular weight is 371 g/mol. The van der Waals surface area contributed by atoms with Crippen LogP contribution in [0.1, 0.15) is 54.9 Å². The quantitative estimate of drug-likeness (QED) is 0.744. The number of carbonyl (C=O) groups is 3. The predicted octanol–water partition coefficient (Wildman–Crippen LogP) is 2.00. The zero-order valence-corrected chi connectivity index (χ0v) is 15.7. The molecule has 0 heterocycles. The molecule has 0 bridgehead atoms. The van der Waals surface area contributed by atoms with Crippen molar-refractivity contribution in [3.63, 3.8) is 0 Å². The molecule has 7 heteroatoms. The van der Waals surface area contributed by atoms with Gasteiger partial charge >= 0.3 is 5.97 Å². The number of ether oxygens (including phenoxy) is 1. The van der Waals surface area contributed by atoms with Gasteiger partial charge in [-0.3, -0.25) is 14.4 Å². The van der Waals surface area contributed by atoms with Crippen molar-refractivity contribution in [3.8, 4) is 6.07 Å². The van der Waals surface area contributed by atoms with Gasteiger partial charge in [0.05, 0.1) is 6.07 Å². The predicted molar refractivity (Wildman–Crippen MR) is 98.6 cm³/mol. The molecule has 0 radical (unpaired) electrons. The minimum absolute atomic E-state index is 0.339. The smallest absolute Gasteiger partial charge is 0.326 e. The molecule has 0 aromatic heterocycles. The molecule has 1 aliphatic rings. The molecule has 0 aliphatic heterocycles. The summed E-state index contributed by atoms with van der Waals surface area (Å²) in [7, 11) is 0. The van der Waals surface area contributed by atoms with Crippen LogP contribution in [0, 0.1) is 18.3 Å². The van der Waals surface area contributed by atoms with Gasteiger partial charge in [-0.25, -0.2) is 0 Å². The molecule has 27 heavy (non-hydrogen) atoms. The zero-order valence-electron chi connectivity index (χ0n) is 15.7. The molecule has 0 saturated heterocycles. The Kier molecular flexibility index (Phi) is 6.94. The second kappa shape index (κ2) is 9.17. The molecular formula is C20H25N3O4. The lowest BCUT2D eigenvalue weighted by atomic mass is 9.83. The van der Waals surface area contributed by atoms with E-state index in [2.05, 4.69) is 16.7 Å². The van der Waals surface area contributed by atoms with Crippen molar-refractivity contribution in [3.05, 3.63) is 35.4 Å². The lowest BCUT2D eigenvalue weighted by Gasteiger charge is -2.32. The van der Waals surface area contributed by atoms with Crippen molar-refractivity contribution < 1.29 is 19.1 Å². The Bertz CT molecular complexity index is 748. The van der Waals surface area contributed by atoms with Gasteiger partial charge in [0.25, 0.3) is 11.8 Å². The highest BCUT2D eigenvalue weighted by atomic mass is 16.5. The second-order valence-electron chi connectivity index (χ2n) is 6.93. The summed E-state index contributed by atoms with van der Waals surface area (Å²) in [6.45, 7) is 2.98. The van der Waals surface area contributed by atoms with Crippen molar-refractivity contribution in [2.75, 3.05) is 6.54 Å². The van der Waals surface area contributed by atoms with Gasteiger partial charge in [0.1, 0.15) is 12.1 Å². The molecule has 1 aromatic rings. The molecule has 1 atom stereocenters. The van der Waals surface area contributed by atoms with Gasteiger partial charge in [-0.2, -0.15) is 5.26 Å². The van der Waals surface area contributed by atoms with Crippen molar-refractivity contribution >= 4 is 17.8 Å². The molecule has 1 aromatic carbocycles. The van der Waals surface area contributed by atoms with Crippen LogP contribution in [0.2, 0.25) is 0 Å². The summed E-state index contributed by atoms with van der Waals surface area (Å²) < 4.78 is 5.08. The maximum Gasteiger partial charge on any atom is 0.326 e. The van der Waals surface area contributed by atoms with Crippen LogP contribution in [0.3, 0.4) is 0 Å². The first-order valence-electron chi connectivity index (χ1n) is 9.13. The van der Waals surface area contributed by atoms with E-state index >= 15 is 0 Å². The van der Waals surface area contributed by atoms with Gasteiger partial charge in [0.15, 0.2) is 6.10 Å². The fourth-order valence-electron chi connectivity index (χ4n) is 3.09. The highest BCUT2D eigenvalue weighted by Gasteiger charge is 2.35. The lowest BCUT2D eigenvalue weighted by Crippen LogP contribution is -2.52. The van der Waals surface area contributed by atoms with Crippen molar-refractivity contribution in [1.29, 1.82) is 5.26 Å². The number of aryl methyl sites for hydroxylation is 1. The van der Waals surface area contributed by atoms with Crippen molar-refractivity contribution in [1.82, 2.24) is 10.6 Å². The topological polar surface area (TPSA) is 108 Å². The van der Waals surface area contributed by atoms with Crippen LogP contribution in [0.25, 0.3) is 0 Å². The van der Waals surface area contributed by atoms with Crippen LogP contribution in [0.15, 0.2) is 24.3 Å². The van der Waals surface area contributed by atoms with E-state index in [1.54, 1.807) is 18.2 Å². The van der Waals surface area contributed by atoms with Crippen LogP contribution in [0.4, 0.5) is 0 Å². The standard InChI is InChI=1S/C20H25N3O4/c1-14-7-6-8-16(11-14)19(26)22-12-17(24)27-15(2)18(25)23-20(13-21)9-4-3-5-10-20/h6-8,11,15H,3-5,9-10,12H2,1-2H3,(H,22,26)(H,23,25)/t15-/m1/s1. The number of amides is 2. The summed E-state index contributed by atoms with van der Waals surface area (Å²) in [5, 5.41) is 14.6. The van der Waals surface area contributed by atoms with Gasteiger partial charge in [-0.1, -0.05) is 37.0 Å². The maximum atomic E-state index is 12.3. The summed E-state index contributed by atoms with van der Waals surface area (Å²) in [6.07, 6.45) is 2.97. The third-order valence-corrected chi connectivity index (χ3v) is 4.63. The van der Waals surface area contributed by atoms with E-state index in [1.165, 1.54) is 6.92 Å². The van der Waals surface area contributed by atoms with Gasteiger partial charge in [0.2, 0.25) is 0 Å². The zero-order chi connectivity index (χ0) is 19.9. The summed E-state index contributed by atoms with van der Waals surface area (Å²) >= 11 is 0. The molecule has 2 N–H and O–H groups in total.